The minimum atomic E-state index is -4.49. The van der Waals surface area contributed by atoms with E-state index in [1.807, 2.05) is 0 Å². The number of benzene rings is 2. The quantitative estimate of drug-likeness (QED) is 0.427. The highest BCUT2D eigenvalue weighted by Crippen LogP contribution is 2.31. The van der Waals surface area contributed by atoms with Gasteiger partial charge in [-0.1, -0.05) is 6.92 Å². The summed E-state index contributed by atoms with van der Waals surface area (Å²) in [6.07, 6.45) is -7.30. The molecule has 0 bridgehead atoms. The third kappa shape index (κ3) is 8.11. The summed E-state index contributed by atoms with van der Waals surface area (Å²) in [7, 11) is -1.04. The van der Waals surface area contributed by atoms with E-state index >= 15 is 0 Å². The summed E-state index contributed by atoms with van der Waals surface area (Å²) < 4.78 is 76.5. The van der Waals surface area contributed by atoms with Crippen molar-refractivity contribution in [3.05, 3.63) is 48.0 Å². The van der Waals surface area contributed by atoms with E-state index in [0.717, 1.165) is 4.31 Å². The number of nitrogens with one attached hydrogen (secondary N) is 1. The number of nitrogens with zero attached hydrogens (tertiary/aromatic N) is 2. The number of amides is 2. The molecule has 2 aromatic rings. The highest BCUT2D eigenvalue weighted by molar-refractivity contribution is 7.89. The first-order chi connectivity index (χ1) is 19.2. The maximum Gasteiger partial charge on any atom is 0.389 e. The van der Waals surface area contributed by atoms with Crippen molar-refractivity contribution in [2.45, 2.75) is 49.9 Å². The molecule has 0 aromatic heterocycles. The minimum Gasteiger partial charge on any atom is -0.497 e. The minimum absolute atomic E-state index is 0.0106. The van der Waals surface area contributed by atoms with Crippen molar-refractivity contribution in [2.24, 2.45) is 5.92 Å². The van der Waals surface area contributed by atoms with Crippen LogP contribution in [0.25, 0.3) is 0 Å². The number of aliphatic hydroxyl groups excluding tert-OH is 1. The van der Waals surface area contributed by atoms with Crippen LogP contribution in [0, 0.1) is 5.92 Å². The number of aliphatic hydroxyl groups is 1. The van der Waals surface area contributed by atoms with E-state index in [2.05, 4.69) is 5.32 Å². The van der Waals surface area contributed by atoms with Gasteiger partial charge in [0, 0.05) is 31.6 Å². The summed E-state index contributed by atoms with van der Waals surface area (Å²) >= 11 is 0. The van der Waals surface area contributed by atoms with Gasteiger partial charge in [-0.25, -0.2) is 8.42 Å². The Kier molecular flexibility index (Phi) is 10.3. The van der Waals surface area contributed by atoms with E-state index in [9.17, 15) is 36.3 Å². The molecular formula is C27H34F3N3O7S. The maximum absolute atomic E-state index is 13.5. The fraction of sp³-hybridized carbons (Fsp3) is 0.481. The van der Waals surface area contributed by atoms with Gasteiger partial charge in [-0.3, -0.25) is 9.59 Å². The van der Waals surface area contributed by atoms with Crippen LogP contribution in [-0.2, 0) is 14.8 Å². The van der Waals surface area contributed by atoms with Gasteiger partial charge in [0.2, 0.25) is 15.9 Å². The van der Waals surface area contributed by atoms with Crippen molar-refractivity contribution >= 4 is 27.5 Å². The molecule has 0 unspecified atom stereocenters. The first-order valence-corrected chi connectivity index (χ1v) is 14.3. The Hall–Kier alpha value is -3.36. The van der Waals surface area contributed by atoms with E-state index in [-0.39, 0.29) is 47.5 Å². The number of halogens is 3. The molecule has 1 aliphatic heterocycles. The second kappa shape index (κ2) is 13.1. The number of likely N-dealkylation sites (N-methyl/N-ethyl adjacent to an activating group) is 1. The summed E-state index contributed by atoms with van der Waals surface area (Å²) in [5.74, 6) is -1.17. The molecule has 0 fully saturated rings. The maximum atomic E-state index is 13.5. The number of anilines is 1. The Morgan fingerprint density at radius 3 is 2.49 bits per heavy atom. The van der Waals surface area contributed by atoms with E-state index in [4.69, 9.17) is 9.47 Å². The Morgan fingerprint density at radius 1 is 1.24 bits per heavy atom. The number of alkyl halides is 3. The van der Waals surface area contributed by atoms with Crippen LogP contribution in [0.4, 0.5) is 18.9 Å². The lowest BCUT2D eigenvalue weighted by Gasteiger charge is -2.38. The molecule has 1 heterocycles. The van der Waals surface area contributed by atoms with Crippen molar-refractivity contribution in [2.75, 3.05) is 39.2 Å². The molecule has 1 aliphatic rings. The molecule has 0 saturated carbocycles. The number of carbonyl (C=O) groups excluding carboxylic acids is 2. The molecule has 0 aliphatic carbocycles. The smallest absolute Gasteiger partial charge is 0.389 e. The Balaban J connectivity index is 1.90. The summed E-state index contributed by atoms with van der Waals surface area (Å²) in [6, 6.07) is 9.39. The third-order valence-corrected chi connectivity index (χ3v) is 8.63. The topological polar surface area (TPSA) is 125 Å². The Morgan fingerprint density at radius 2 is 1.90 bits per heavy atom. The van der Waals surface area contributed by atoms with E-state index < -0.39 is 53.0 Å². The zero-order valence-electron chi connectivity index (χ0n) is 23.1. The monoisotopic (exact) mass is 601 g/mol. The lowest BCUT2D eigenvalue weighted by molar-refractivity contribution is -0.142. The van der Waals surface area contributed by atoms with E-state index in [1.165, 1.54) is 61.5 Å². The van der Waals surface area contributed by atoms with Crippen LogP contribution in [0.3, 0.4) is 0 Å². The van der Waals surface area contributed by atoms with Crippen molar-refractivity contribution in [3.8, 4) is 11.5 Å². The fourth-order valence-corrected chi connectivity index (χ4v) is 5.46. The van der Waals surface area contributed by atoms with Crippen LogP contribution >= 0.6 is 0 Å². The Bertz CT molecular complexity index is 1340. The second-order valence-electron chi connectivity index (χ2n) is 9.96. The normalized spacial score (nSPS) is 18.7. The molecular weight excluding hydrogens is 567 g/mol. The van der Waals surface area contributed by atoms with Gasteiger partial charge in [0.15, 0.2) is 0 Å². The fourth-order valence-electron chi connectivity index (χ4n) is 4.28. The molecule has 41 heavy (non-hydrogen) atoms. The summed E-state index contributed by atoms with van der Waals surface area (Å²) in [4.78, 5) is 27.1. The van der Waals surface area contributed by atoms with Gasteiger partial charge in [0.25, 0.3) is 5.91 Å². The number of ether oxygens (including phenoxy) is 2. The lowest BCUT2D eigenvalue weighted by atomic mass is 9.99. The summed E-state index contributed by atoms with van der Waals surface area (Å²) in [5.41, 5.74) is 0.102. The third-order valence-electron chi connectivity index (χ3n) is 6.79. The number of carbonyl (C=O) groups is 2. The standard InChI is InChI=1S/C27H34F3N3O7S/c1-17-14-33(18(2)16-34)26(36)22-13-19(31-25(35)11-12-27(28,29)30)5-10-23(22)40-24(17)15-32(3)41(37,38)21-8-6-20(39-4)7-9-21/h5-10,13,17-18,24,34H,11-12,14-16H2,1-4H3,(H,31,35)/t17-,18-,24-/m0/s1. The van der Waals surface area contributed by atoms with Crippen molar-refractivity contribution in [1.82, 2.24) is 9.21 Å². The van der Waals surface area contributed by atoms with Gasteiger partial charge >= 0.3 is 6.18 Å². The first-order valence-electron chi connectivity index (χ1n) is 12.9. The average Bonchev–Trinajstić information content (AvgIpc) is 2.93. The van der Waals surface area contributed by atoms with Crippen LogP contribution in [0.1, 0.15) is 37.0 Å². The predicted molar refractivity (Wildman–Crippen MR) is 144 cm³/mol. The second-order valence-corrected chi connectivity index (χ2v) is 12.0. The van der Waals surface area contributed by atoms with Crippen LogP contribution in [0.15, 0.2) is 47.4 Å². The number of methoxy groups -OCH3 is 1. The molecule has 10 nitrogen and oxygen atoms in total. The number of hydrogen-bond acceptors (Lipinski definition) is 7. The molecule has 0 radical (unpaired) electrons. The van der Waals surface area contributed by atoms with Gasteiger partial charge in [-0.05, 0) is 49.4 Å². The summed E-state index contributed by atoms with van der Waals surface area (Å²) in [5, 5.41) is 12.2. The van der Waals surface area contributed by atoms with Gasteiger partial charge in [-0.15, -0.1) is 0 Å². The number of sulfonamides is 1. The molecule has 2 N–H and O–H groups in total. The SMILES string of the molecule is COc1ccc(S(=O)(=O)N(C)C[C@@H]2Oc3ccc(NC(=O)CCC(F)(F)F)cc3C(=O)N([C@@H](C)CO)C[C@@H]2C)cc1. The van der Waals surface area contributed by atoms with Gasteiger partial charge in [0.05, 0.1) is 43.2 Å². The van der Waals surface area contributed by atoms with Crippen LogP contribution in [0.5, 0.6) is 11.5 Å². The molecule has 3 rings (SSSR count). The molecule has 3 atom stereocenters. The van der Waals surface area contributed by atoms with E-state index in [0.29, 0.717) is 5.75 Å². The molecule has 226 valence electrons. The van der Waals surface area contributed by atoms with Crippen LogP contribution in [0.2, 0.25) is 0 Å². The Labute approximate surface area is 237 Å². The van der Waals surface area contributed by atoms with Gasteiger partial charge in [-0.2, -0.15) is 17.5 Å². The molecule has 14 heteroatoms. The molecule has 2 amide bonds. The number of rotatable bonds is 10. The number of hydrogen-bond donors (Lipinski definition) is 2. The molecule has 0 saturated heterocycles. The van der Waals surface area contributed by atoms with Crippen molar-refractivity contribution < 1.29 is 45.8 Å². The number of fused-ring (bicyclic) bond motifs is 1. The van der Waals surface area contributed by atoms with Gasteiger partial charge in [0.1, 0.15) is 17.6 Å². The summed E-state index contributed by atoms with van der Waals surface area (Å²) in [6.45, 7) is 3.12. The molecule has 0 spiro atoms. The van der Waals surface area contributed by atoms with Crippen LogP contribution in [-0.4, -0.2) is 86.7 Å². The lowest BCUT2D eigenvalue weighted by Crippen LogP contribution is -2.50. The average molecular weight is 602 g/mol. The van der Waals surface area contributed by atoms with Crippen LogP contribution < -0.4 is 14.8 Å². The predicted octanol–water partition coefficient (Wildman–Crippen LogP) is 3.52. The zero-order valence-corrected chi connectivity index (χ0v) is 24.0. The zero-order chi connectivity index (χ0) is 30.5. The van der Waals surface area contributed by atoms with Crippen molar-refractivity contribution in [1.29, 1.82) is 0 Å². The first kappa shape index (κ1) is 32.2. The molecule has 2 aromatic carbocycles. The van der Waals surface area contributed by atoms with Crippen molar-refractivity contribution in [3.63, 3.8) is 0 Å². The van der Waals surface area contributed by atoms with E-state index in [1.54, 1.807) is 13.8 Å². The highest BCUT2D eigenvalue weighted by Gasteiger charge is 2.35. The highest BCUT2D eigenvalue weighted by atomic mass is 32.2. The van der Waals surface area contributed by atoms with Gasteiger partial charge < -0.3 is 24.8 Å². The largest absolute Gasteiger partial charge is 0.497 e.